The van der Waals surface area contributed by atoms with Crippen LogP contribution in [-0.2, 0) is 0 Å². The molecule has 1 aromatic heterocycles. The lowest BCUT2D eigenvalue weighted by Gasteiger charge is -2.21. The van der Waals surface area contributed by atoms with Crippen molar-refractivity contribution in [2.45, 2.75) is 0 Å². The van der Waals surface area contributed by atoms with Crippen LogP contribution in [0.25, 0.3) is 56.4 Å². The van der Waals surface area contributed by atoms with E-state index in [1.807, 2.05) is 48.5 Å². The van der Waals surface area contributed by atoms with Gasteiger partial charge < -0.3 is 4.90 Å². The summed E-state index contributed by atoms with van der Waals surface area (Å²) in [6.07, 6.45) is 0. The number of nitrogens with zero attached hydrogens (tertiary/aromatic N) is 5. The molecule has 5 heteroatoms. The Morgan fingerprint density at radius 3 is 1.55 bits per heavy atom. The summed E-state index contributed by atoms with van der Waals surface area (Å²) in [5, 5.41) is 0. The van der Waals surface area contributed by atoms with Crippen molar-refractivity contribution >= 4 is 17.1 Å². The molecule has 1 aliphatic heterocycles. The number of para-hydroxylation sites is 2. The van der Waals surface area contributed by atoms with Crippen LogP contribution in [0.1, 0.15) is 0 Å². The summed E-state index contributed by atoms with van der Waals surface area (Å²) in [5.74, 6) is 2.82. The molecular weight excluding hydrogens is 574 g/mol. The van der Waals surface area contributed by atoms with E-state index in [-0.39, 0.29) is 0 Å². The number of hydrogen-bond donors (Lipinski definition) is 0. The number of aromatic nitrogens is 3. The monoisotopic (exact) mass is 605 g/mol. The van der Waals surface area contributed by atoms with Crippen LogP contribution in [-0.4, -0.2) is 22.0 Å². The largest absolute Gasteiger partial charge is 0.329 e. The van der Waals surface area contributed by atoms with E-state index in [9.17, 15) is 0 Å². The van der Waals surface area contributed by atoms with Crippen molar-refractivity contribution in [2.75, 3.05) is 16.8 Å². The predicted molar refractivity (Wildman–Crippen MR) is 193 cm³/mol. The molecule has 0 fully saturated rings. The lowest BCUT2D eigenvalue weighted by Crippen LogP contribution is -2.20. The highest BCUT2D eigenvalue weighted by Crippen LogP contribution is 2.49. The second-order valence-electron chi connectivity index (χ2n) is 11.5. The minimum atomic E-state index is 0.627. The zero-order chi connectivity index (χ0) is 31.7. The molecule has 0 radical (unpaired) electrons. The van der Waals surface area contributed by atoms with Gasteiger partial charge in [-0.3, -0.25) is 4.90 Å². The Morgan fingerprint density at radius 2 is 0.894 bits per heavy atom. The third-order valence-corrected chi connectivity index (χ3v) is 8.62. The van der Waals surface area contributed by atoms with Crippen LogP contribution < -0.4 is 9.80 Å². The predicted octanol–water partition coefficient (Wildman–Crippen LogP) is 10.3. The molecule has 2 heterocycles. The van der Waals surface area contributed by atoms with E-state index in [4.69, 9.17) is 15.0 Å². The van der Waals surface area contributed by atoms with Gasteiger partial charge in [-0.1, -0.05) is 146 Å². The fraction of sp³-hybridized carbons (Fsp3) is 0.0238. The van der Waals surface area contributed by atoms with Gasteiger partial charge in [-0.05, 0) is 34.9 Å². The molecule has 0 aliphatic carbocycles. The SMILES string of the molecule is C=C1N(C)c2c(-c3ccc(-c4nc(-c5ccccc5)nc(-c5ccccc5-c5ccccc5)n4)cc3)cccc2N1c1ccccc1. The summed E-state index contributed by atoms with van der Waals surface area (Å²) < 4.78 is 0. The third kappa shape index (κ3) is 5.14. The van der Waals surface area contributed by atoms with Gasteiger partial charge in [0, 0.05) is 35.0 Å². The normalized spacial score (nSPS) is 12.3. The number of anilines is 3. The Morgan fingerprint density at radius 1 is 0.426 bits per heavy atom. The van der Waals surface area contributed by atoms with Gasteiger partial charge in [0.25, 0.3) is 0 Å². The fourth-order valence-electron chi connectivity index (χ4n) is 6.27. The molecule has 0 unspecified atom stereocenters. The van der Waals surface area contributed by atoms with Crippen LogP contribution in [0.15, 0.2) is 170 Å². The lowest BCUT2D eigenvalue weighted by atomic mass is 9.99. The zero-order valence-corrected chi connectivity index (χ0v) is 26.0. The Balaban J connectivity index is 1.22. The first-order valence-corrected chi connectivity index (χ1v) is 15.6. The molecule has 1 aliphatic rings. The summed E-state index contributed by atoms with van der Waals surface area (Å²) in [6, 6.07) is 54.0. The van der Waals surface area contributed by atoms with Crippen molar-refractivity contribution in [3.8, 4) is 56.4 Å². The molecular formula is C42H31N5. The van der Waals surface area contributed by atoms with Crippen LogP contribution in [0.5, 0.6) is 0 Å². The van der Waals surface area contributed by atoms with Gasteiger partial charge in [-0.2, -0.15) is 0 Å². The Labute approximate surface area is 274 Å². The smallest absolute Gasteiger partial charge is 0.164 e. The van der Waals surface area contributed by atoms with E-state index in [1.54, 1.807) is 0 Å². The lowest BCUT2D eigenvalue weighted by molar-refractivity contribution is 1.07. The van der Waals surface area contributed by atoms with E-state index in [0.717, 1.165) is 61.8 Å². The van der Waals surface area contributed by atoms with Crippen molar-refractivity contribution in [3.63, 3.8) is 0 Å². The van der Waals surface area contributed by atoms with Crippen molar-refractivity contribution < 1.29 is 0 Å². The maximum absolute atomic E-state index is 5.06. The molecule has 47 heavy (non-hydrogen) atoms. The standard InChI is InChI=1S/C42H31N5/c1-29-46(2)39-36(23-14-24-38(39)47(29)34-19-10-5-11-20-34)31-25-27-33(28-26-31)41-43-40(32-17-8-4-9-18-32)44-42(45-41)37-22-13-12-21-35(37)30-15-6-3-7-16-30/h3-28H,1H2,2H3. The zero-order valence-electron chi connectivity index (χ0n) is 26.0. The van der Waals surface area contributed by atoms with Crippen molar-refractivity contribution in [2.24, 2.45) is 0 Å². The molecule has 0 saturated carbocycles. The maximum atomic E-state index is 5.06. The highest BCUT2D eigenvalue weighted by atomic mass is 15.4. The van der Waals surface area contributed by atoms with Gasteiger partial charge in [0.2, 0.25) is 0 Å². The van der Waals surface area contributed by atoms with Gasteiger partial charge in [0.05, 0.1) is 11.4 Å². The van der Waals surface area contributed by atoms with Crippen molar-refractivity contribution in [3.05, 3.63) is 170 Å². The van der Waals surface area contributed by atoms with E-state index >= 15 is 0 Å². The van der Waals surface area contributed by atoms with Crippen LogP contribution in [0, 0.1) is 0 Å². The minimum absolute atomic E-state index is 0.627. The van der Waals surface area contributed by atoms with E-state index in [2.05, 4.69) is 133 Å². The number of rotatable bonds is 6. The molecule has 0 bridgehead atoms. The molecule has 0 spiro atoms. The van der Waals surface area contributed by atoms with E-state index < -0.39 is 0 Å². The first-order chi connectivity index (χ1) is 23.2. The Bertz CT molecular complexity index is 2210. The van der Waals surface area contributed by atoms with Crippen molar-refractivity contribution in [1.29, 1.82) is 0 Å². The first kappa shape index (κ1) is 28.2. The molecule has 7 aromatic rings. The second kappa shape index (κ2) is 11.9. The fourth-order valence-corrected chi connectivity index (χ4v) is 6.27. The molecule has 6 aromatic carbocycles. The molecule has 0 N–H and O–H groups in total. The number of benzene rings is 6. The van der Waals surface area contributed by atoms with Gasteiger partial charge in [0.1, 0.15) is 5.82 Å². The molecule has 0 atom stereocenters. The van der Waals surface area contributed by atoms with Crippen molar-refractivity contribution in [1.82, 2.24) is 15.0 Å². The summed E-state index contributed by atoms with van der Waals surface area (Å²) in [7, 11) is 2.08. The quantitative estimate of drug-likeness (QED) is 0.189. The van der Waals surface area contributed by atoms with Crippen LogP contribution in [0.4, 0.5) is 17.1 Å². The average Bonchev–Trinajstić information content (AvgIpc) is 3.41. The summed E-state index contributed by atoms with van der Waals surface area (Å²) >= 11 is 0. The summed E-state index contributed by atoms with van der Waals surface area (Å²) in [6.45, 7) is 4.42. The van der Waals surface area contributed by atoms with Crippen LogP contribution in [0.2, 0.25) is 0 Å². The second-order valence-corrected chi connectivity index (χ2v) is 11.5. The highest BCUT2D eigenvalue weighted by molar-refractivity contribution is 5.97. The molecule has 0 saturated heterocycles. The van der Waals surface area contributed by atoms with Crippen LogP contribution in [0.3, 0.4) is 0 Å². The van der Waals surface area contributed by atoms with Gasteiger partial charge in [0.15, 0.2) is 17.5 Å². The summed E-state index contributed by atoms with van der Waals surface area (Å²) in [4.78, 5) is 19.4. The van der Waals surface area contributed by atoms with E-state index in [0.29, 0.717) is 17.5 Å². The summed E-state index contributed by atoms with van der Waals surface area (Å²) in [5.41, 5.74) is 10.6. The topological polar surface area (TPSA) is 45.2 Å². The van der Waals surface area contributed by atoms with E-state index in [1.165, 1.54) is 0 Å². The Hall–Kier alpha value is -6.33. The first-order valence-electron chi connectivity index (χ1n) is 15.6. The Kier molecular flexibility index (Phi) is 7.12. The van der Waals surface area contributed by atoms with Gasteiger partial charge in [-0.15, -0.1) is 0 Å². The maximum Gasteiger partial charge on any atom is 0.164 e. The van der Waals surface area contributed by atoms with Gasteiger partial charge in [-0.25, -0.2) is 15.0 Å². The number of fused-ring (bicyclic) bond motifs is 1. The molecule has 5 nitrogen and oxygen atoms in total. The molecule has 0 amide bonds. The average molecular weight is 606 g/mol. The third-order valence-electron chi connectivity index (χ3n) is 8.62. The molecule has 224 valence electrons. The van der Waals surface area contributed by atoms with Crippen LogP contribution >= 0.6 is 0 Å². The minimum Gasteiger partial charge on any atom is -0.329 e. The number of hydrogen-bond acceptors (Lipinski definition) is 5. The van der Waals surface area contributed by atoms with Gasteiger partial charge >= 0.3 is 0 Å². The molecule has 8 rings (SSSR count). The highest BCUT2D eigenvalue weighted by Gasteiger charge is 2.31.